The van der Waals surface area contributed by atoms with Crippen molar-refractivity contribution in [2.75, 3.05) is 18.8 Å². The van der Waals surface area contributed by atoms with Crippen LogP contribution in [0, 0.1) is 11.8 Å². The van der Waals surface area contributed by atoms with Crippen molar-refractivity contribution in [2.45, 2.75) is 26.7 Å². The fraction of sp³-hybridized carbons (Fsp3) is 0.533. The number of anilines is 1. The summed E-state index contributed by atoms with van der Waals surface area (Å²) in [5.74, 6) is 1.36. The van der Waals surface area contributed by atoms with Gasteiger partial charge in [0.2, 0.25) is 0 Å². The second kappa shape index (κ2) is 6.23. The second-order valence-electron chi connectivity index (χ2n) is 5.73. The first kappa shape index (κ1) is 15.5. The molecule has 0 bridgehead atoms. The normalized spacial score (nSPS) is 16.8. The van der Waals surface area contributed by atoms with Gasteiger partial charge in [0.25, 0.3) is 5.91 Å². The molecular formula is C15H20Cl2N2O. The predicted molar refractivity (Wildman–Crippen MR) is 84.3 cm³/mol. The zero-order valence-electron chi connectivity index (χ0n) is 11.8. The molecule has 1 aliphatic rings. The molecule has 0 radical (unpaired) electrons. The van der Waals surface area contributed by atoms with Gasteiger partial charge in [0, 0.05) is 18.7 Å². The summed E-state index contributed by atoms with van der Waals surface area (Å²) in [4.78, 5) is 14.3. The van der Waals surface area contributed by atoms with Gasteiger partial charge in [-0.2, -0.15) is 0 Å². The van der Waals surface area contributed by atoms with Crippen LogP contribution in [0.4, 0.5) is 5.69 Å². The van der Waals surface area contributed by atoms with Crippen LogP contribution in [-0.4, -0.2) is 23.9 Å². The molecular weight excluding hydrogens is 295 g/mol. The summed E-state index contributed by atoms with van der Waals surface area (Å²) in [6, 6.07) is 3.20. The van der Waals surface area contributed by atoms with Crippen molar-refractivity contribution in [3.63, 3.8) is 0 Å². The molecule has 0 aromatic heterocycles. The van der Waals surface area contributed by atoms with E-state index in [1.165, 1.54) is 0 Å². The highest BCUT2D eigenvalue weighted by Gasteiger charge is 2.25. The Labute approximate surface area is 130 Å². The molecule has 1 saturated heterocycles. The van der Waals surface area contributed by atoms with Crippen LogP contribution in [0.2, 0.25) is 10.0 Å². The van der Waals surface area contributed by atoms with Crippen LogP contribution in [0.15, 0.2) is 12.1 Å². The molecule has 1 heterocycles. The van der Waals surface area contributed by atoms with E-state index < -0.39 is 0 Å². The number of hydrogen-bond donors (Lipinski definition) is 1. The Morgan fingerprint density at radius 2 is 1.90 bits per heavy atom. The molecule has 3 nitrogen and oxygen atoms in total. The van der Waals surface area contributed by atoms with Crippen LogP contribution in [-0.2, 0) is 0 Å². The molecule has 1 fully saturated rings. The molecule has 1 aliphatic heterocycles. The molecule has 1 aromatic carbocycles. The predicted octanol–water partition coefficient (Wildman–Crippen LogP) is 4.08. The molecule has 110 valence electrons. The number of halogens is 2. The monoisotopic (exact) mass is 314 g/mol. The summed E-state index contributed by atoms with van der Waals surface area (Å²) >= 11 is 11.9. The highest BCUT2D eigenvalue weighted by molar-refractivity contribution is 6.43. The summed E-state index contributed by atoms with van der Waals surface area (Å²) < 4.78 is 0. The maximum Gasteiger partial charge on any atom is 0.253 e. The highest BCUT2D eigenvalue weighted by atomic mass is 35.5. The minimum Gasteiger partial charge on any atom is -0.397 e. The van der Waals surface area contributed by atoms with Crippen LogP contribution >= 0.6 is 23.2 Å². The number of nitrogens with zero attached hydrogens (tertiary/aromatic N) is 1. The van der Waals surface area contributed by atoms with Crippen LogP contribution < -0.4 is 5.73 Å². The van der Waals surface area contributed by atoms with Crippen LogP contribution in [0.25, 0.3) is 0 Å². The van der Waals surface area contributed by atoms with E-state index in [9.17, 15) is 4.79 Å². The van der Waals surface area contributed by atoms with Crippen molar-refractivity contribution >= 4 is 34.8 Å². The second-order valence-corrected chi connectivity index (χ2v) is 6.52. The molecule has 0 spiro atoms. The quantitative estimate of drug-likeness (QED) is 0.836. The Kier molecular flexibility index (Phi) is 4.82. The molecule has 5 heteroatoms. The third-order valence-corrected chi connectivity index (χ3v) is 4.89. The topological polar surface area (TPSA) is 46.3 Å². The van der Waals surface area contributed by atoms with E-state index in [1.807, 2.05) is 4.90 Å². The summed E-state index contributed by atoms with van der Waals surface area (Å²) in [6.07, 6.45) is 2.11. The van der Waals surface area contributed by atoms with Crippen molar-refractivity contribution in [3.05, 3.63) is 27.7 Å². The first-order valence-electron chi connectivity index (χ1n) is 6.94. The molecule has 0 atom stereocenters. The molecule has 2 rings (SSSR count). The van der Waals surface area contributed by atoms with Crippen LogP contribution in [0.1, 0.15) is 37.0 Å². The van der Waals surface area contributed by atoms with Gasteiger partial charge in [-0.3, -0.25) is 4.79 Å². The summed E-state index contributed by atoms with van der Waals surface area (Å²) in [6.45, 7) is 6.06. The van der Waals surface area contributed by atoms with E-state index in [2.05, 4.69) is 13.8 Å². The van der Waals surface area contributed by atoms with Gasteiger partial charge in [0.15, 0.2) is 0 Å². The zero-order valence-corrected chi connectivity index (χ0v) is 13.3. The van der Waals surface area contributed by atoms with Gasteiger partial charge in [-0.05, 0) is 36.8 Å². The number of piperidine rings is 1. The fourth-order valence-electron chi connectivity index (χ4n) is 2.69. The van der Waals surface area contributed by atoms with Crippen molar-refractivity contribution in [1.82, 2.24) is 4.90 Å². The first-order chi connectivity index (χ1) is 9.40. The highest BCUT2D eigenvalue weighted by Crippen LogP contribution is 2.31. The zero-order chi connectivity index (χ0) is 14.9. The average Bonchev–Trinajstić information content (AvgIpc) is 2.43. The largest absolute Gasteiger partial charge is 0.397 e. The van der Waals surface area contributed by atoms with Crippen molar-refractivity contribution < 1.29 is 4.79 Å². The number of rotatable bonds is 2. The Balaban J connectivity index is 2.09. The van der Waals surface area contributed by atoms with Gasteiger partial charge >= 0.3 is 0 Å². The van der Waals surface area contributed by atoms with Crippen LogP contribution in [0.3, 0.4) is 0 Å². The van der Waals surface area contributed by atoms with E-state index in [0.717, 1.165) is 25.9 Å². The van der Waals surface area contributed by atoms with Gasteiger partial charge < -0.3 is 10.6 Å². The molecule has 2 N–H and O–H groups in total. The average molecular weight is 315 g/mol. The molecule has 0 saturated carbocycles. The standard InChI is InChI=1S/C15H20Cl2N2O/c1-9(2)10-3-5-19(6-4-10)15(20)11-7-12(16)14(17)13(18)8-11/h7-10H,3-6,18H2,1-2H3. The van der Waals surface area contributed by atoms with Crippen molar-refractivity contribution in [3.8, 4) is 0 Å². The van der Waals surface area contributed by atoms with E-state index in [1.54, 1.807) is 12.1 Å². The Bertz CT molecular complexity index is 486. The summed E-state index contributed by atoms with van der Waals surface area (Å²) in [5, 5.41) is 0.633. The number of nitrogen functional groups attached to an aromatic ring is 1. The number of hydrogen-bond acceptors (Lipinski definition) is 2. The number of likely N-dealkylation sites (tertiary alicyclic amines) is 1. The number of benzene rings is 1. The lowest BCUT2D eigenvalue weighted by Gasteiger charge is -2.34. The van der Waals surface area contributed by atoms with Gasteiger partial charge in [0.05, 0.1) is 15.7 Å². The molecule has 20 heavy (non-hydrogen) atoms. The van der Waals surface area contributed by atoms with Gasteiger partial charge in [-0.15, -0.1) is 0 Å². The third-order valence-electron chi connectivity index (χ3n) is 4.07. The van der Waals surface area contributed by atoms with Gasteiger partial charge in [0.1, 0.15) is 0 Å². The molecule has 1 amide bonds. The third kappa shape index (κ3) is 3.21. The van der Waals surface area contributed by atoms with Gasteiger partial charge in [-0.1, -0.05) is 37.0 Å². The molecule has 0 aliphatic carbocycles. The SMILES string of the molecule is CC(C)C1CCN(C(=O)c2cc(N)c(Cl)c(Cl)c2)CC1. The Morgan fingerprint density at radius 3 is 2.40 bits per heavy atom. The van der Waals surface area contributed by atoms with Crippen molar-refractivity contribution in [2.24, 2.45) is 11.8 Å². The maximum atomic E-state index is 12.5. The fourth-order valence-corrected chi connectivity index (χ4v) is 3.02. The number of amides is 1. The minimum atomic E-state index is -0.0162. The number of carbonyl (C=O) groups excluding carboxylic acids is 1. The summed E-state index contributed by atoms with van der Waals surface area (Å²) in [7, 11) is 0. The van der Waals surface area contributed by atoms with E-state index >= 15 is 0 Å². The lowest BCUT2D eigenvalue weighted by molar-refractivity contribution is 0.0668. The number of carbonyl (C=O) groups is 1. The Hall–Kier alpha value is -0.930. The van der Waals surface area contributed by atoms with Crippen molar-refractivity contribution in [1.29, 1.82) is 0 Å². The first-order valence-corrected chi connectivity index (χ1v) is 7.69. The smallest absolute Gasteiger partial charge is 0.253 e. The van der Waals surface area contributed by atoms with E-state index in [-0.39, 0.29) is 5.91 Å². The van der Waals surface area contributed by atoms with Gasteiger partial charge in [-0.25, -0.2) is 0 Å². The molecule has 1 aromatic rings. The lowest BCUT2D eigenvalue weighted by Crippen LogP contribution is -2.39. The molecule has 0 unspecified atom stereocenters. The van der Waals surface area contributed by atoms with E-state index in [4.69, 9.17) is 28.9 Å². The van der Waals surface area contributed by atoms with E-state index in [0.29, 0.717) is 33.1 Å². The minimum absolute atomic E-state index is 0.0162. The summed E-state index contributed by atoms with van der Waals surface area (Å²) in [5.41, 5.74) is 6.62. The number of nitrogens with two attached hydrogens (primary N) is 1. The lowest BCUT2D eigenvalue weighted by atomic mass is 9.86. The maximum absolute atomic E-state index is 12.5. The Morgan fingerprint density at radius 1 is 1.30 bits per heavy atom. The van der Waals surface area contributed by atoms with Crippen LogP contribution in [0.5, 0.6) is 0 Å².